The topological polar surface area (TPSA) is 103 Å². The van der Waals surface area contributed by atoms with Crippen LogP contribution in [0.1, 0.15) is 11.1 Å². The third kappa shape index (κ3) is 3.67. The molecule has 0 aliphatic carbocycles. The van der Waals surface area contributed by atoms with Crippen LogP contribution in [0, 0.1) is 0 Å². The van der Waals surface area contributed by atoms with Crippen LogP contribution in [0.25, 0.3) is 17.1 Å². The van der Waals surface area contributed by atoms with Gasteiger partial charge < -0.3 is 14.8 Å². The Hall–Kier alpha value is -3.72. The molecule has 2 N–H and O–H groups in total. The molecule has 29 heavy (non-hydrogen) atoms. The van der Waals surface area contributed by atoms with E-state index < -0.39 is 0 Å². The van der Waals surface area contributed by atoms with Gasteiger partial charge in [-0.25, -0.2) is 14.6 Å². The number of aromatic amines is 1. The van der Waals surface area contributed by atoms with Gasteiger partial charge in [0.05, 0.1) is 11.9 Å². The molecule has 1 aliphatic heterocycles. The second-order valence-electron chi connectivity index (χ2n) is 6.60. The number of nitrogens with zero attached hydrogens (tertiary/aromatic N) is 5. The first-order valence-corrected chi connectivity index (χ1v) is 9.30. The van der Waals surface area contributed by atoms with Crippen LogP contribution in [0.5, 0.6) is 11.5 Å². The first-order valence-electron chi connectivity index (χ1n) is 9.30. The number of aromatic nitrogens is 6. The Morgan fingerprint density at radius 1 is 1.03 bits per heavy atom. The molecule has 9 nitrogen and oxygen atoms in total. The van der Waals surface area contributed by atoms with Crippen LogP contribution < -0.4 is 14.8 Å². The largest absolute Gasteiger partial charge is 0.486 e. The minimum atomic E-state index is 0.567. The molecule has 0 radical (unpaired) electrons. The van der Waals surface area contributed by atoms with E-state index in [1.165, 1.54) is 6.33 Å². The molecule has 0 saturated heterocycles. The van der Waals surface area contributed by atoms with Gasteiger partial charge in [0.15, 0.2) is 17.3 Å². The molecule has 1 aliphatic rings. The highest BCUT2D eigenvalue weighted by Gasteiger charge is 2.15. The summed E-state index contributed by atoms with van der Waals surface area (Å²) in [5.41, 5.74) is 4.14. The molecule has 3 aromatic heterocycles. The third-order valence-corrected chi connectivity index (χ3v) is 4.66. The summed E-state index contributed by atoms with van der Waals surface area (Å²) in [5, 5.41) is 14.8. The summed E-state index contributed by atoms with van der Waals surface area (Å²) < 4.78 is 12.9. The van der Waals surface area contributed by atoms with E-state index in [1.54, 1.807) is 11.0 Å². The van der Waals surface area contributed by atoms with Gasteiger partial charge in [-0.15, -0.1) is 0 Å². The zero-order valence-corrected chi connectivity index (χ0v) is 15.6. The average molecular weight is 389 g/mol. The highest BCUT2D eigenvalue weighted by Crippen LogP contribution is 2.34. The van der Waals surface area contributed by atoms with E-state index in [-0.39, 0.29) is 0 Å². The monoisotopic (exact) mass is 389 g/mol. The van der Waals surface area contributed by atoms with E-state index in [0.717, 1.165) is 39.7 Å². The predicted molar refractivity (Wildman–Crippen MR) is 105 cm³/mol. The fourth-order valence-corrected chi connectivity index (χ4v) is 3.22. The molecular formula is C20H19N7O2. The summed E-state index contributed by atoms with van der Waals surface area (Å²) in [6.07, 6.45) is 6.78. The summed E-state index contributed by atoms with van der Waals surface area (Å²) in [6.45, 7) is 2.51. The quantitative estimate of drug-likeness (QED) is 0.521. The molecule has 4 aromatic rings. The second-order valence-corrected chi connectivity index (χ2v) is 6.60. The van der Waals surface area contributed by atoms with Gasteiger partial charge in [-0.2, -0.15) is 10.2 Å². The lowest BCUT2D eigenvalue weighted by atomic mass is 10.1. The zero-order valence-electron chi connectivity index (χ0n) is 15.6. The normalized spacial score (nSPS) is 12.8. The van der Waals surface area contributed by atoms with Crippen molar-refractivity contribution >= 4 is 0 Å². The molecule has 0 fully saturated rings. The minimum Gasteiger partial charge on any atom is -0.486 e. The molecular weight excluding hydrogens is 370 g/mol. The number of nitrogens with one attached hydrogen (secondary N) is 2. The molecule has 0 unspecified atom stereocenters. The lowest BCUT2D eigenvalue weighted by Gasteiger charge is -2.18. The number of ether oxygens (including phenoxy) is 2. The molecule has 4 heterocycles. The number of rotatable bonds is 6. The van der Waals surface area contributed by atoms with E-state index in [2.05, 4.69) is 30.6 Å². The highest BCUT2D eigenvalue weighted by atomic mass is 16.6. The Labute approximate surface area is 166 Å². The van der Waals surface area contributed by atoms with Crippen LogP contribution in [-0.2, 0) is 13.1 Å². The van der Waals surface area contributed by atoms with Gasteiger partial charge in [-0.05, 0) is 29.8 Å². The van der Waals surface area contributed by atoms with E-state index in [1.807, 2.05) is 42.7 Å². The van der Waals surface area contributed by atoms with Gasteiger partial charge >= 0.3 is 0 Å². The van der Waals surface area contributed by atoms with E-state index in [9.17, 15) is 0 Å². The number of pyridine rings is 1. The second kappa shape index (κ2) is 7.72. The lowest BCUT2D eigenvalue weighted by Crippen LogP contribution is -2.15. The maximum Gasteiger partial charge on any atom is 0.162 e. The molecule has 0 saturated carbocycles. The van der Waals surface area contributed by atoms with Crippen molar-refractivity contribution in [2.24, 2.45) is 0 Å². The zero-order chi connectivity index (χ0) is 19.5. The number of hydrogen-bond donors (Lipinski definition) is 2. The van der Waals surface area contributed by atoms with Crippen LogP contribution in [0.4, 0.5) is 0 Å². The van der Waals surface area contributed by atoms with Gasteiger partial charge in [0, 0.05) is 30.4 Å². The molecule has 0 atom stereocenters. The Balaban J connectivity index is 1.24. The fourth-order valence-electron chi connectivity index (χ4n) is 3.22. The summed E-state index contributed by atoms with van der Waals surface area (Å²) in [6, 6.07) is 9.87. The van der Waals surface area contributed by atoms with E-state index in [0.29, 0.717) is 26.3 Å². The highest BCUT2D eigenvalue weighted by molar-refractivity contribution is 5.66. The molecule has 0 amide bonds. The van der Waals surface area contributed by atoms with Crippen molar-refractivity contribution in [1.82, 2.24) is 35.3 Å². The van der Waals surface area contributed by atoms with Gasteiger partial charge in [0.2, 0.25) is 0 Å². The van der Waals surface area contributed by atoms with Gasteiger partial charge in [-0.3, -0.25) is 5.10 Å². The van der Waals surface area contributed by atoms with Gasteiger partial charge in [-0.1, -0.05) is 6.07 Å². The number of H-pyrrole nitrogens is 1. The van der Waals surface area contributed by atoms with Crippen molar-refractivity contribution in [2.75, 3.05) is 13.2 Å². The van der Waals surface area contributed by atoms with Crippen molar-refractivity contribution in [2.45, 2.75) is 13.1 Å². The van der Waals surface area contributed by atoms with Gasteiger partial charge in [0.1, 0.15) is 25.9 Å². The number of benzene rings is 1. The predicted octanol–water partition coefficient (Wildman–Crippen LogP) is 2.11. The maximum atomic E-state index is 5.69. The average Bonchev–Trinajstić information content (AvgIpc) is 3.46. The fraction of sp³-hybridized carbons (Fsp3) is 0.200. The van der Waals surface area contributed by atoms with Gasteiger partial charge in [0.25, 0.3) is 0 Å². The van der Waals surface area contributed by atoms with E-state index in [4.69, 9.17) is 9.47 Å². The SMILES string of the molecule is c1ncn(-c2ccc(CNCc3cn[nH]c3-c3ccc4c(c3)OCCO4)cn2)n1. The van der Waals surface area contributed by atoms with Crippen molar-refractivity contribution in [3.8, 4) is 28.6 Å². The standard InChI is InChI=1S/C20H19N7O2/c1-4-19(27-13-22-12-25-27)23-9-14(1)8-21-10-16-11-24-26-20(16)15-2-3-17-18(7-15)29-6-5-28-17/h1-4,7,9,11-13,21H,5-6,8,10H2,(H,24,26). The van der Waals surface area contributed by atoms with Crippen molar-refractivity contribution in [3.63, 3.8) is 0 Å². The Morgan fingerprint density at radius 3 is 2.79 bits per heavy atom. The van der Waals surface area contributed by atoms with Crippen LogP contribution in [-0.4, -0.2) is 43.2 Å². The smallest absolute Gasteiger partial charge is 0.162 e. The van der Waals surface area contributed by atoms with Crippen LogP contribution in [0.2, 0.25) is 0 Å². The Bertz CT molecular complexity index is 1090. The summed E-state index contributed by atoms with van der Waals surface area (Å²) >= 11 is 0. The van der Waals surface area contributed by atoms with Crippen molar-refractivity contribution < 1.29 is 9.47 Å². The first kappa shape index (κ1) is 17.4. The molecule has 0 spiro atoms. The Morgan fingerprint density at radius 2 is 1.97 bits per heavy atom. The van der Waals surface area contributed by atoms with E-state index >= 15 is 0 Å². The number of fused-ring (bicyclic) bond motifs is 1. The van der Waals surface area contributed by atoms with Crippen molar-refractivity contribution in [3.05, 3.63) is 66.5 Å². The molecule has 1 aromatic carbocycles. The number of hydrogen-bond acceptors (Lipinski definition) is 7. The maximum absolute atomic E-state index is 5.69. The first-order chi connectivity index (χ1) is 14.4. The van der Waals surface area contributed by atoms with Crippen LogP contribution in [0.3, 0.4) is 0 Å². The Kier molecular flexibility index (Phi) is 4.63. The summed E-state index contributed by atoms with van der Waals surface area (Å²) in [5.74, 6) is 2.28. The molecule has 5 rings (SSSR count). The summed E-state index contributed by atoms with van der Waals surface area (Å²) in [7, 11) is 0. The van der Waals surface area contributed by atoms with Crippen molar-refractivity contribution in [1.29, 1.82) is 0 Å². The van der Waals surface area contributed by atoms with Crippen LogP contribution in [0.15, 0.2) is 55.4 Å². The lowest BCUT2D eigenvalue weighted by molar-refractivity contribution is 0.171. The molecule has 146 valence electrons. The molecule has 0 bridgehead atoms. The summed E-state index contributed by atoms with van der Waals surface area (Å²) in [4.78, 5) is 8.35. The molecule has 9 heteroatoms. The third-order valence-electron chi connectivity index (χ3n) is 4.66. The van der Waals surface area contributed by atoms with Crippen LogP contribution >= 0.6 is 0 Å². The minimum absolute atomic E-state index is 0.567.